The summed E-state index contributed by atoms with van der Waals surface area (Å²) in [5.74, 6) is -0.211. The molecule has 0 heterocycles. The summed E-state index contributed by atoms with van der Waals surface area (Å²) in [4.78, 5) is 25.7. The Morgan fingerprint density at radius 3 is 2.33 bits per heavy atom. The summed E-state index contributed by atoms with van der Waals surface area (Å²) in [5.41, 5.74) is 1.58. The van der Waals surface area contributed by atoms with E-state index in [1.807, 2.05) is 12.1 Å². The minimum atomic E-state index is -0.185. The second-order valence-corrected chi connectivity index (χ2v) is 6.74. The molecule has 1 N–H and O–H groups in total. The molecule has 2 aromatic carbocycles. The van der Waals surface area contributed by atoms with Crippen molar-refractivity contribution in [2.75, 3.05) is 13.6 Å². The van der Waals surface area contributed by atoms with Crippen LogP contribution in [0, 0.1) is 0 Å². The molecule has 0 aliphatic heterocycles. The van der Waals surface area contributed by atoms with E-state index in [0.29, 0.717) is 23.7 Å². The molecule has 0 atom stereocenters. The molecule has 6 heteroatoms. The first-order valence-corrected chi connectivity index (χ1v) is 8.65. The molecule has 0 fully saturated rings. The maximum absolute atomic E-state index is 12.1. The van der Waals surface area contributed by atoms with Crippen LogP contribution in [0.25, 0.3) is 0 Å². The van der Waals surface area contributed by atoms with Gasteiger partial charge in [0.25, 0.3) is 5.91 Å². The molecule has 0 saturated heterocycles. The molecular weight excluding hydrogens is 392 g/mol. The standard InChI is InChI=1S/C18H18BrClN2O2/c1-22(12-13-2-8-16(20)9-3-13)17(23)10-11-21-18(24)14-4-6-15(19)7-5-14/h2-9H,10-12H2,1H3,(H,21,24). The summed E-state index contributed by atoms with van der Waals surface area (Å²) >= 11 is 9.17. The zero-order chi connectivity index (χ0) is 17.5. The average molecular weight is 410 g/mol. The summed E-state index contributed by atoms with van der Waals surface area (Å²) in [5, 5.41) is 3.43. The molecule has 4 nitrogen and oxygen atoms in total. The highest BCUT2D eigenvalue weighted by atomic mass is 79.9. The number of carbonyl (C=O) groups is 2. The Bertz CT molecular complexity index is 702. The van der Waals surface area contributed by atoms with Crippen LogP contribution in [0.5, 0.6) is 0 Å². The van der Waals surface area contributed by atoms with E-state index in [0.717, 1.165) is 10.0 Å². The lowest BCUT2D eigenvalue weighted by Crippen LogP contribution is -2.31. The summed E-state index contributed by atoms with van der Waals surface area (Å²) in [6.07, 6.45) is 0.256. The van der Waals surface area contributed by atoms with Gasteiger partial charge in [-0.15, -0.1) is 0 Å². The Balaban J connectivity index is 1.76. The number of benzene rings is 2. The fraction of sp³-hybridized carbons (Fsp3) is 0.222. The Labute approximate surface area is 154 Å². The molecular formula is C18H18BrClN2O2. The van der Waals surface area contributed by atoms with Crippen LogP contribution in [0.15, 0.2) is 53.0 Å². The molecule has 2 amide bonds. The number of carbonyl (C=O) groups excluding carboxylic acids is 2. The van der Waals surface area contributed by atoms with Gasteiger partial charge in [-0.1, -0.05) is 39.7 Å². The molecule has 0 spiro atoms. The van der Waals surface area contributed by atoms with Crippen molar-refractivity contribution >= 4 is 39.3 Å². The molecule has 0 aliphatic carbocycles. The summed E-state index contributed by atoms with van der Waals surface area (Å²) in [6.45, 7) is 0.815. The fourth-order valence-corrected chi connectivity index (χ4v) is 2.52. The first-order valence-electron chi connectivity index (χ1n) is 7.48. The van der Waals surface area contributed by atoms with Gasteiger partial charge in [0.2, 0.25) is 5.91 Å². The third kappa shape index (κ3) is 5.65. The molecule has 2 rings (SSSR count). The van der Waals surface area contributed by atoms with Gasteiger partial charge in [0.05, 0.1) is 0 Å². The molecule has 0 unspecified atom stereocenters. The van der Waals surface area contributed by atoms with Crippen molar-refractivity contribution < 1.29 is 9.59 Å². The first kappa shape index (κ1) is 18.5. The van der Waals surface area contributed by atoms with Gasteiger partial charge < -0.3 is 10.2 Å². The van der Waals surface area contributed by atoms with Crippen LogP contribution in [0.1, 0.15) is 22.3 Å². The highest BCUT2D eigenvalue weighted by molar-refractivity contribution is 9.10. The highest BCUT2D eigenvalue weighted by Gasteiger charge is 2.11. The number of nitrogens with one attached hydrogen (secondary N) is 1. The predicted octanol–water partition coefficient (Wildman–Crippen LogP) is 3.88. The SMILES string of the molecule is CN(Cc1ccc(Cl)cc1)C(=O)CCNC(=O)c1ccc(Br)cc1. The van der Waals surface area contributed by atoms with Gasteiger partial charge in [0.15, 0.2) is 0 Å². The topological polar surface area (TPSA) is 49.4 Å². The number of hydrogen-bond acceptors (Lipinski definition) is 2. The van der Waals surface area contributed by atoms with Gasteiger partial charge in [-0.2, -0.15) is 0 Å². The Morgan fingerprint density at radius 2 is 1.71 bits per heavy atom. The molecule has 2 aromatic rings. The Morgan fingerprint density at radius 1 is 1.08 bits per heavy atom. The third-order valence-corrected chi connectivity index (χ3v) is 4.27. The van der Waals surface area contributed by atoms with Gasteiger partial charge in [0.1, 0.15) is 0 Å². The van der Waals surface area contributed by atoms with Crippen molar-refractivity contribution in [1.29, 1.82) is 0 Å². The van der Waals surface area contributed by atoms with Crippen molar-refractivity contribution in [2.24, 2.45) is 0 Å². The lowest BCUT2D eigenvalue weighted by Gasteiger charge is -2.17. The molecule has 0 aromatic heterocycles. The van der Waals surface area contributed by atoms with E-state index in [1.54, 1.807) is 48.3 Å². The second-order valence-electron chi connectivity index (χ2n) is 5.39. The summed E-state index contributed by atoms with van der Waals surface area (Å²) < 4.78 is 0.915. The number of hydrogen-bond donors (Lipinski definition) is 1. The van der Waals surface area contributed by atoms with Gasteiger partial charge >= 0.3 is 0 Å². The van der Waals surface area contributed by atoms with Gasteiger partial charge in [-0.05, 0) is 42.0 Å². The van der Waals surface area contributed by atoms with Gasteiger partial charge in [0, 0.05) is 41.6 Å². The van der Waals surface area contributed by atoms with Crippen LogP contribution in [0.4, 0.5) is 0 Å². The van der Waals surface area contributed by atoms with Crippen molar-refractivity contribution in [3.63, 3.8) is 0 Å². The maximum Gasteiger partial charge on any atom is 0.251 e. The molecule has 126 valence electrons. The van der Waals surface area contributed by atoms with Crippen LogP contribution < -0.4 is 5.32 Å². The minimum absolute atomic E-state index is 0.0268. The Hall–Kier alpha value is -1.85. The Kier molecular flexibility index (Phi) is 6.82. The lowest BCUT2D eigenvalue weighted by molar-refractivity contribution is -0.130. The predicted molar refractivity (Wildman–Crippen MR) is 99.0 cm³/mol. The number of nitrogens with zero attached hydrogens (tertiary/aromatic N) is 1. The van der Waals surface area contributed by atoms with Crippen molar-refractivity contribution in [3.05, 3.63) is 69.2 Å². The fourth-order valence-electron chi connectivity index (χ4n) is 2.13. The van der Waals surface area contributed by atoms with Crippen LogP contribution in [0.3, 0.4) is 0 Å². The minimum Gasteiger partial charge on any atom is -0.352 e. The highest BCUT2D eigenvalue weighted by Crippen LogP contribution is 2.12. The molecule has 24 heavy (non-hydrogen) atoms. The van der Waals surface area contributed by atoms with E-state index in [4.69, 9.17) is 11.6 Å². The first-order chi connectivity index (χ1) is 11.5. The van der Waals surface area contributed by atoms with Crippen LogP contribution in [0.2, 0.25) is 5.02 Å². The van der Waals surface area contributed by atoms with E-state index >= 15 is 0 Å². The summed E-state index contributed by atoms with van der Waals surface area (Å²) in [6, 6.07) is 14.5. The molecule has 0 saturated carbocycles. The third-order valence-electron chi connectivity index (χ3n) is 3.49. The quantitative estimate of drug-likeness (QED) is 0.787. The van der Waals surface area contributed by atoms with Crippen molar-refractivity contribution in [1.82, 2.24) is 10.2 Å². The average Bonchev–Trinajstić information content (AvgIpc) is 2.57. The van der Waals surface area contributed by atoms with E-state index < -0.39 is 0 Å². The normalized spacial score (nSPS) is 10.3. The number of halogens is 2. The van der Waals surface area contributed by atoms with Gasteiger partial charge in [-0.3, -0.25) is 9.59 Å². The molecule has 0 radical (unpaired) electrons. The largest absolute Gasteiger partial charge is 0.352 e. The lowest BCUT2D eigenvalue weighted by atomic mass is 10.2. The molecule has 0 bridgehead atoms. The van der Waals surface area contributed by atoms with E-state index in [9.17, 15) is 9.59 Å². The molecule has 0 aliphatic rings. The smallest absolute Gasteiger partial charge is 0.251 e. The monoisotopic (exact) mass is 408 g/mol. The van der Waals surface area contributed by atoms with Gasteiger partial charge in [-0.25, -0.2) is 0 Å². The van der Waals surface area contributed by atoms with E-state index in [1.165, 1.54) is 0 Å². The van der Waals surface area contributed by atoms with Crippen molar-refractivity contribution in [2.45, 2.75) is 13.0 Å². The van der Waals surface area contributed by atoms with E-state index in [2.05, 4.69) is 21.2 Å². The number of rotatable bonds is 6. The van der Waals surface area contributed by atoms with Crippen molar-refractivity contribution in [3.8, 4) is 0 Å². The number of amides is 2. The van der Waals surface area contributed by atoms with Crippen LogP contribution >= 0.6 is 27.5 Å². The second kappa shape index (κ2) is 8.85. The van der Waals surface area contributed by atoms with Crippen LogP contribution in [-0.2, 0) is 11.3 Å². The maximum atomic E-state index is 12.1. The summed E-state index contributed by atoms with van der Waals surface area (Å²) in [7, 11) is 1.74. The zero-order valence-electron chi connectivity index (χ0n) is 13.3. The van der Waals surface area contributed by atoms with Crippen LogP contribution in [-0.4, -0.2) is 30.3 Å². The zero-order valence-corrected chi connectivity index (χ0v) is 15.6. The van der Waals surface area contributed by atoms with E-state index in [-0.39, 0.29) is 18.2 Å².